The lowest BCUT2D eigenvalue weighted by atomic mass is 10.0. The average Bonchev–Trinajstić information content (AvgIpc) is 3.55. The Morgan fingerprint density at radius 3 is 2.49 bits per heavy atom. The molecule has 1 aromatic carbocycles. The van der Waals surface area contributed by atoms with Crippen molar-refractivity contribution in [3.05, 3.63) is 104 Å². The summed E-state index contributed by atoms with van der Waals surface area (Å²) in [6.45, 7) is 3.15. The molecule has 2 atom stereocenters. The Bertz CT molecular complexity index is 2080. The maximum atomic E-state index is 16.1. The van der Waals surface area contributed by atoms with Crippen molar-refractivity contribution < 1.29 is 21.6 Å². The maximum absolute atomic E-state index is 16.1. The van der Waals surface area contributed by atoms with Gasteiger partial charge in [0.15, 0.2) is 27.1 Å². The quantitative estimate of drug-likeness (QED) is 0.272. The first-order valence-electron chi connectivity index (χ1n) is 12.4. The van der Waals surface area contributed by atoms with Crippen molar-refractivity contribution in [2.24, 2.45) is 0 Å². The Labute approximate surface area is 237 Å². The van der Waals surface area contributed by atoms with Crippen molar-refractivity contribution >= 4 is 27.1 Å². The van der Waals surface area contributed by atoms with Crippen molar-refractivity contribution in [2.75, 3.05) is 6.26 Å². The van der Waals surface area contributed by atoms with Crippen molar-refractivity contribution in [2.45, 2.75) is 37.0 Å². The number of hydrogen-bond acceptors (Lipinski definition) is 6. The summed E-state index contributed by atoms with van der Waals surface area (Å²) < 4.78 is 72.0. The van der Waals surface area contributed by atoms with Gasteiger partial charge in [0.05, 0.1) is 11.9 Å². The van der Waals surface area contributed by atoms with Crippen LogP contribution in [-0.2, 0) is 9.84 Å². The molecular formula is C28H21ClF3N5O3S. The van der Waals surface area contributed by atoms with E-state index in [0.29, 0.717) is 28.9 Å². The first-order valence-corrected chi connectivity index (χ1v) is 14.7. The Kier molecular flexibility index (Phi) is 6.31. The van der Waals surface area contributed by atoms with Crippen molar-refractivity contribution in [3.63, 3.8) is 0 Å². The first kappa shape index (κ1) is 27.2. The van der Waals surface area contributed by atoms with Gasteiger partial charge in [0, 0.05) is 29.3 Å². The summed E-state index contributed by atoms with van der Waals surface area (Å²) in [5.41, 5.74) is 0.632. The summed E-state index contributed by atoms with van der Waals surface area (Å²) in [6.07, 6.45) is 5.28. The van der Waals surface area contributed by atoms with E-state index in [1.54, 1.807) is 13.0 Å². The molecule has 1 aliphatic rings. The van der Waals surface area contributed by atoms with Gasteiger partial charge in [0.2, 0.25) is 0 Å². The van der Waals surface area contributed by atoms with Gasteiger partial charge in [-0.1, -0.05) is 17.7 Å². The fourth-order valence-corrected chi connectivity index (χ4v) is 6.40. The lowest BCUT2D eigenvalue weighted by molar-refractivity contribution is 0.569. The molecule has 210 valence electrons. The zero-order chi connectivity index (χ0) is 29.4. The summed E-state index contributed by atoms with van der Waals surface area (Å²) in [7, 11) is -3.94. The van der Waals surface area contributed by atoms with E-state index in [1.807, 2.05) is 0 Å². The van der Waals surface area contributed by atoms with Crippen LogP contribution in [0.5, 0.6) is 0 Å². The highest BCUT2D eigenvalue weighted by Crippen LogP contribution is 2.56. The highest BCUT2D eigenvalue weighted by atomic mass is 35.5. The number of nitrogens with zero attached hydrogens (tertiary/aromatic N) is 5. The summed E-state index contributed by atoms with van der Waals surface area (Å²) >= 11 is 6.59. The van der Waals surface area contributed by atoms with Gasteiger partial charge in [0.1, 0.15) is 27.8 Å². The Morgan fingerprint density at radius 2 is 1.76 bits per heavy atom. The number of benzene rings is 1. The van der Waals surface area contributed by atoms with Crippen LogP contribution in [0.3, 0.4) is 0 Å². The summed E-state index contributed by atoms with van der Waals surface area (Å²) in [5, 5.41) is 3.87. The molecule has 0 spiro atoms. The standard InChI is InChI=1S/C28H21ClF3N5O3S/c1-13-10-33-25(16-5-4-6-21(23(16)31)41(3,39)40)24(32)26(13)37-14(2)7-19(22(29)28(37)38)17-9-18(17)20-8-15(30)11-36-27(20)34-12-35-36/h4-8,10-12,17-18H,9H2,1-3H3/t17-,18-/m0/s1. The molecule has 1 fully saturated rings. The minimum absolute atomic E-state index is 0.126. The smallest absolute Gasteiger partial charge is 0.274 e. The highest BCUT2D eigenvalue weighted by molar-refractivity contribution is 7.90. The molecule has 1 saturated carbocycles. The lowest BCUT2D eigenvalue weighted by Crippen LogP contribution is -2.24. The second-order valence-corrected chi connectivity index (χ2v) is 12.5. The summed E-state index contributed by atoms with van der Waals surface area (Å²) in [5.74, 6) is -2.98. The number of halogens is 4. The third-order valence-corrected chi connectivity index (χ3v) is 8.83. The van der Waals surface area contributed by atoms with E-state index in [1.165, 1.54) is 48.4 Å². The van der Waals surface area contributed by atoms with Crippen molar-refractivity contribution in [1.29, 1.82) is 0 Å². The first-order chi connectivity index (χ1) is 19.4. The maximum Gasteiger partial charge on any atom is 0.274 e. The van der Waals surface area contributed by atoms with Gasteiger partial charge in [-0.25, -0.2) is 31.1 Å². The van der Waals surface area contributed by atoms with Crippen LogP contribution >= 0.6 is 11.6 Å². The van der Waals surface area contributed by atoms with Crippen LogP contribution in [-0.4, -0.2) is 38.8 Å². The molecule has 13 heteroatoms. The van der Waals surface area contributed by atoms with Crippen LogP contribution in [0.4, 0.5) is 13.2 Å². The van der Waals surface area contributed by atoms with Gasteiger partial charge >= 0.3 is 0 Å². The third kappa shape index (κ3) is 4.41. The number of fused-ring (bicyclic) bond motifs is 1. The molecule has 5 aromatic rings. The van der Waals surface area contributed by atoms with E-state index in [2.05, 4.69) is 15.1 Å². The molecule has 6 rings (SSSR count). The molecule has 41 heavy (non-hydrogen) atoms. The second kappa shape index (κ2) is 9.52. The van der Waals surface area contributed by atoms with Gasteiger partial charge in [-0.15, -0.1) is 0 Å². The van der Waals surface area contributed by atoms with Crippen molar-refractivity contribution in [3.8, 4) is 16.9 Å². The van der Waals surface area contributed by atoms with Crippen LogP contribution in [0.1, 0.15) is 40.6 Å². The molecule has 0 unspecified atom stereocenters. The van der Waals surface area contributed by atoms with E-state index in [0.717, 1.165) is 16.9 Å². The van der Waals surface area contributed by atoms with Crippen LogP contribution in [0, 0.1) is 31.3 Å². The van der Waals surface area contributed by atoms with Crippen molar-refractivity contribution in [1.82, 2.24) is 24.1 Å². The Hall–Kier alpha value is -4.03. The molecule has 0 aliphatic heterocycles. The van der Waals surface area contributed by atoms with Gasteiger partial charge in [0.25, 0.3) is 5.56 Å². The monoisotopic (exact) mass is 599 g/mol. The normalized spacial score (nSPS) is 16.9. The molecule has 4 heterocycles. The predicted octanol–water partition coefficient (Wildman–Crippen LogP) is 5.30. The lowest BCUT2D eigenvalue weighted by Gasteiger charge is -2.18. The van der Waals surface area contributed by atoms with E-state index in [-0.39, 0.29) is 33.7 Å². The molecule has 0 N–H and O–H groups in total. The molecule has 0 bridgehead atoms. The number of rotatable bonds is 5. The van der Waals surface area contributed by atoms with Gasteiger partial charge in [-0.05, 0) is 67.5 Å². The van der Waals surface area contributed by atoms with E-state index in [9.17, 15) is 17.6 Å². The van der Waals surface area contributed by atoms with Crippen LogP contribution in [0.2, 0.25) is 5.02 Å². The molecule has 4 aromatic heterocycles. The number of aryl methyl sites for hydroxylation is 2. The zero-order valence-corrected chi connectivity index (χ0v) is 23.4. The Balaban J connectivity index is 1.45. The second-order valence-electron chi connectivity index (χ2n) is 10.1. The SMILES string of the molecule is Cc1cnc(-c2cccc(S(C)(=O)=O)c2F)c(F)c1-n1c(C)cc([C@H]2C[C@@H]2c2cc(F)cn3ncnc23)c(Cl)c1=O. The van der Waals surface area contributed by atoms with E-state index >= 15 is 8.78 Å². The molecule has 0 saturated heterocycles. The number of pyridine rings is 3. The number of sulfone groups is 1. The largest absolute Gasteiger partial charge is 0.277 e. The Morgan fingerprint density at radius 1 is 1.02 bits per heavy atom. The number of hydrogen-bond donors (Lipinski definition) is 0. The van der Waals surface area contributed by atoms with Gasteiger partial charge in [-0.2, -0.15) is 5.10 Å². The fraction of sp³-hybridized carbons (Fsp3) is 0.214. The van der Waals surface area contributed by atoms with E-state index < -0.39 is 43.4 Å². The highest BCUT2D eigenvalue weighted by Gasteiger charge is 2.43. The van der Waals surface area contributed by atoms with Gasteiger partial charge in [-0.3, -0.25) is 14.3 Å². The average molecular weight is 600 g/mol. The topological polar surface area (TPSA) is 99.2 Å². The summed E-state index contributed by atoms with van der Waals surface area (Å²) in [4.78, 5) is 21.3. The molecule has 1 aliphatic carbocycles. The number of aromatic nitrogens is 5. The summed E-state index contributed by atoms with van der Waals surface area (Å²) in [6, 6.07) is 6.66. The third-order valence-electron chi connectivity index (χ3n) is 7.34. The molecule has 0 radical (unpaired) electrons. The van der Waals surface area contributed by atoms with Crippen LogP contribution < -0.4 is 5.56 Å². The van der Waals surface area contributed by atoms with Gasteiger partial charge < -0.3 is 0 Å². The predicted molar refractivity (Wildman–Crippen MR) is 146 cm³/mol. The molecule has 8 nitrogen and oxygen atoms in total. The zero-order valence-electron chi connectivity index (χ0n) is 21.9. The van der Waals surface area contributed by atoms with E-state index in [4.69, 9.17) is 11.6 Å². The minimum atomic E-state index is -3.94. The molecule has 0 amide bonds. The minimum Gasteiger partial charge on any atom is -0.277 e. The fourth-order valence-electron chi connectivity index (χ4n) is 5.36. The van der Waals surface area contributed by atoms with Crippen LogP contribution in [0.25, 0.3) is 22.6 Å². The van der Waals surface area contributed by atoms with Crippen LogP contribution in [0.15, 0.2) is 58.7 Å². The molecular weight excluding hydrogens is 579 g/mol.